The van der Waals surface area contributed by atoms with Gasteiger partial charge in [-0.05, 0) is 38.4 Å². The molecule has 1 unspecified atom stereocenters. The molecule has 0 aliphatic rings. The summed E-state index contributed by atoms with van der Waals surface area (Å²) in [7, 11) is 0. The Morgan fingerprint density at radius 3 is 2.44 bits per heavy atom. The van der Waals surface area contributed by atoms with E-state index in [1.54, 1.807) is 0 Å². The fraction of sp³-hybridized carbons (Fsp3) is 0.625. The van der Waals surface area contributed by atoms with E-state index in [-0.39, 0.29) is 0 Å². The van der Waals surface area contributed by atoms with E-state index in [4.69, 9.17) is 0 Å². The molecule has 1 N–H and O–H groups in total. The minimum absolute atomic E-state index is 0.547. The van der Waals surface area contributed by atoms with Gasteiger partial charge in [-0.2, -0.15) is 0 Å². The third-order valence-corrected chi connectivity index (χ3v) is 3.24. The second-order valence-corrected chi connectivity index (χ2v) is 4.94. The van der Waals surface area contributed by atoms with Crippen molar-refractivity contribution in [2.24, 2.45) is 0 Å². The van der Waals surface area contributed by atoms with Crippen molar-refractivity contribution in [3.63, 3.8) is 0 Å². The predicted octanol–water partition coefficient (Wildman–Crippen LogP) is 3.68. The molecule has 1 aromatic carbocycles. The van der Waals surface area contributed by atoms with Crippen LogP contribution < -0.4 is 10.2 Å². The number of benzene rings is 1. The van der Waals surface area contributed by atoms with Gasteiger partial charge in [0, 0.05) is 24.8 Å². The van der Waals surface area contributed by atoms with Gasteiger partial charge in [-0.1, -0.05) is 38.5 Å². The summed E-state index contributed by atoms with van der Waals surface area (Å²) in [6.07, 6.45) is 3.71. The third-order valence-electron chi connectivity index (χ3n) is 3.24. The van der Waals surface area contributed by atoms with Gasteiger partial charge in [-0.3, -0.25) is 0 Å². The normalized spacial score (nSPS) is 12.4. The summed E-state index contributed by atoms with van der Waals surface area (Å²) in [4.78, 5) is 2.52. The standard InChI is InChI=1S/C16H28N2/c1-4-6-13-18(15(3)14-17-12-5-2)16-10-8-7-9-11-16/h7-11,15,17H,4-6,12-14H2,1-3H3. The lowest BCUT2D eigenvalue weighted by Gasteiger charge is -2.31. The van der Waals surface area contributed by atoms with Gasteiger partial charge in [-0.15, -0.1) is 0 Å². The molecule has 1 atom stereocenters. The van der Waals surface area contributed by atoms with Crippen molar-refractivity contribution in [3.05, 3.63) is 30.3 Å². The van der Waals surface area contributed by atoms with Crippen LogP contribution in [0.15, 0.2) is 30.3 Å². The third kappa shape index (κ3) is 5.09. The van der Waals surface area contributed by atoms with E-state index >= 15 is 0 Å². The first-order valence-corrected chi connectivity index (χ1v) is 7.32. The number of para-hydroxylation sites is 1. The van der Waals surface area contributed by atoms with Crippen LogP contribution in [0.2, 0.25) is 0 Å². The molecule has 0 bridgehead atoms. The van der Waals surface area contributed by atoms with E-state index in [0.29, 0.717) is 6.04 Å². The summed E-state index contributed by atoms with van der Waals surface area (Å²) in [5.74, 6) is 0. The molecule has 18 heavy (non-hydrogen) atoms. The zero-order chi connectivity index (χ0) is 13.2. The van der Waals surface area contributed by atoms with Crippen molar-refractivity contribution >= 4 is 5.69 Å². The van der Waals surface area contributed by atoms with Crippen molar-refractivity contribution in [1.82, 2.24) is 5.32 Å². The Labute approximate surface area is 112 Å². The van der Waals surface area contributed by atoms with Crippen molar-refractivity contribution in [1.29, 1.82) is 0 Å². The van der Waals surface area contributed by atoms with Crippen molar-refractivity contribution in [2.75, 3.05) is 24.5 Å². The molecular weight excluding hydrogens is 220 g/mol. The van der Waals surface area contributed by atoms with E-state index in [2.05, 4.69) is 61.3 Å². The van der Waals surface area contributed by atoms with E-state index in [1.165, 1.54) is 24.9 Å². The quantitative estimate of drug-likeness (QED) is 0.671. The topological polar surface area (TPSA) is 15.3 Å². The molecular formula is C16H28N2. The zero-order valence-corrected chi connectivity index (χ0v) is 12.2. The molecule has 0 aliphatic carbocycles. The highest BCUT2D eigenvalue weighted by Crippen LogP contribution is 2.17. The maximum atomic E-state index is 3.52. The van der Waals surface area contributed by atoms with Gasteiger partial charge in [0.05, 0.1) is 0 Å². The summed E-state index contributed by atoms with van der Waals surface area (Å²) in [5.41, 5.74) is 1.34. The van der Waals surface area contributed by atoms with Crippen molar-refractivity contribution in [2.45, 2.75) is 46.1 Å². The van der Waals surface area contributed by atoms with Gasteiger partial charge < -0.3 is 10.2 Å². The maximum absolute atomic E-state index is 3.52. The largest absolute Gasteiger partial charge is 0.368 e. The lowest BCUT2D eigenvalue weighted by atomic mass is 10.2. The Balaban J connectivity index is 2.59. The summed E-state index contributed by atoms with van der Waals surface area (Å²) >= 11 is 0. The highest BCUT2D eigenvalue weighted by atomic mass is 15.2. The van der Waals surface area contributed by atoms with Crippen LogP contribution >= 0.6 is 0 Å². The minimum atomic E-state index is 0.547. The molecule has 0 radical (unpaired) electrons. The van der Waals surface area contributed by atoms with Crippen LogP contribution in [0.25, 0.3) is 0 Å². The highest BCUT2D eigenvalue weighted by molar-refractivity contribution is 5.46. The molecule has 1 rings (SSSR count). The van der Waals surface area contributed by atoms with Gasteiger partial charge in [0.25, 0.3) is 0 Å². The van der Waals surface area contributed by atoms with E-state index in [0.717, 1.165) is 19.6 Å². The molecule has 2 heteroatoms. The Morgan fingerprint density at radius 1 is 1.11 bits per heavy atom. The minimum Gasteiger partial charge on any atom is -0.368 e. The molecule has 0 spiro atoms. The van der Waals surface area contributed by atoms with Crippen LogP contribution in [0.1, 0.15) is 40.0 Å². The molecule has 0 fully saturated rings. The van der Waals surface area contributed by atoms with Crippen LogP contribution in [0.4, 0.5) is 5.69 Å². The molecule has 0 saturated heterocycles. The van der Waals surface area contributed by atoms with E-state index < -0.39 is 0 Å². The lowest BCUT2D eigenvalue weighted by molar-refractivity contribution is 0.549. The molecule has 0 aliphatic heterocycles. The average Bonchev–Trinajstić information content (AvgIpc) is 2.41. The van der Waals surface area contributed by atoms with Crippen molar-refractivity contribution < 1.29 is 0 Å². The maximum Gasteiger partial charge on any atom is 0.0386 e. The number of hydrogen-bond acceptors (Lipinski definition) is 2. The fourth-order valence-electron chi connectivity index (χ4n) is 2.15. The number of rotatable bonds is 9. The van der Waals surface area contributed by atoms with Gasteiger partial charge in [-0.25, -0.2) is 0 Å². The molecule has 0 saturated carbocycles. The number of hydrogen-bond donors (Lipinski definition) is 1. The van der Waals surface area contributed by atoms with Crippen LogP contribution in [-0.2, 0) is 0 Å². The number of anilines is 1. The average molecular weight is 248 g/mol. The van der Waals surface area contributed by atoms with E-state index in [9.17, 15) is 0 Å². The van der Waals surface area contributed by atoms with Gasteiger partial charge in [0.15, 0.2) is 0 Å². The predicted molar refractivity (Wildman–Crippen MR) is 81.3 cm³/mol. The molecule has 1 aromatic rings. The summed E-state index contributed by atoms with van der Waals surface area (Å²) in [6, 6.07) is 11.3. The van der Waals surface area contributed by atoms with E-state index in [1.807, 2.05) is 0 Å². The Kier molecular flexibility index (Phi) is 7.51. The summed E-state index contributed by atoms with van der Waals surface area (Å²) < 4.78 is 0. The van der Waals surface area contributed by atoms with Gasteiger partial charge in [0.2, 0.25) is 0 Å². The lowest BCUT2D eigenvalue weighted by Crippen LogP contribution is -2.41. The van der Waals surface area contributed by atoms with Crippen LogP contribution in [-0.4, -0.2) is 25.7 Å². The zero-order valence-electron chi connectivity index (χ0n) is 12.2. The second-order valence-electron chi connectivity index (χ2n) is 4.94. The Morgan fingerprint density at radius 2 is 1.83 bits per heavy atom. The fourth-order valence-corrected chi connectivity index (χ4v) is 2.15. The van der Waals surface area contributed by atoms with Gasteiger partial charge in [0.1, 0.15) is 0 Å². The van der Waals surface area contributed by atoms with Crippen LogP contribution in [0.5, 0.6) is 0 Å². The van der Waals surface area contributed by atoms with Crippen LogP contribution in [0, 0.1) is 0 Å². The smallest absolute Gasteiger partial charge is 0.0386 e. The Hall–Kier alpha value is -1.02. The molecule has 0 amide bonds. The molecule has 0 heterocycles. The number of nitrogens with one attached hydrogen (secondary N) is 1. The monoisotopic (exact) mass is 248 g/mol. The molecule has 2 nitrogen and oxygen atoms in total. The first-order valence-electron chi connectivity index (χ1n) is 7.32. The summed E-state index contributed by atoms with van der Waals surface area (Å²) in [5, 5.41) is 3.52. The van der Waals surface area contributed by atoms with Crippen LogP contribution in [0.3, 0.4) is 0 Å². The number of nitrogens with zero attached hydrogens (tertiary/aromatic N) is 1. The highest BCUT2D eigenvalue weighted by Gasteiger charge is 2.13. The molecule has 0 aromatic heterocycles. The SMILES string of the molecule is CCCCN(c1ccccc1)C(C)CNCCC. The molecule has 102 valence electrons. The first-order chi connectivity index (χ1) is 8.79. The summed E-state index contributed by atoms with van der Waals surface area (Å²) in [6.45, 7) is 10.1. The van der Waals surface area contributed by atoms with Crippen molar-refractivity contribution in [3.8, 4) is 0 Å². The van der Waals surface area contributed by atoms with Gasteiger partial charge >= 0.3 is 0 Å². The number of unbranched alkanes of at least 4 members (excludes halogenated alkanes) is 1. The Bertz CT molecular complexity index is 297. The second kappa shape index (κ2) is 8.98. The first kappa shape index (κ1) is 15.0.